The molecule has 14 heavy (non-hydrogen) atoms. The van der Waals surface area contributed by atoms with Crippen molar-refractivity contribution in [2.45, 2.75) is 5.88 Å². The van der Waals surface area contributed by atoms with Crippen LogP contribution in [-0.4, -0.2) is 10.2 Å². The fraction of sp³-hybridized carbons (Fsp3) is 0.111. The lowest BCUT2D eigenvalue weighted by Gasteiger charge is -1.96. The van der Waals surface area contributed by atoms with Crippen LogP contribution in [0.15, 0.2) is 28.7 Å². The summed E-state index contributed by atoms with van der Waals surface area (Å²) >= 11 is 11.5. The Morgan fingerprint density at radius 3 is 2.64 bits per heavy atom. The molecule has 0 atom stereocenters. The van der Waals surface area contributed by atoms with Crippen LogP contribution in [0.4, 0.5) is 0 Å². The molecule has 0 aliphatic carbocycles. The van der Waals surface area contributed by atoms with Crippen LogP contribution in [0.3, 0.4) is 0 Å². The highest BCUT2D eigenvalue weighted by Gasteiger charge is 2.10. The molecular formula is C9H6Cl2N2O. The van der Waals surface area contributed by atoms with Crippen molar-refractivity contribution in [3.05, 3.63) is 35.2 Å². The standard InChI is InChI=1S/C9H6Cl2N2O/c10-5-8-12-13-9(14-8)6-3-1-2-4-7(6)11/h1-4H,5H2. The van der Waals surface area contributed by atoms with Crippen LogP contribution in [0, 0.1) is 0 Å². The average Bonchev–Trinajstić information content (AvgIpc) is 2.67. The predicted molar refractivity (Wildman–Crippen MR) is 54.3 cm³/mol. The van der Waals surface area contributed by atoms with Gasteiger partial charge in [-0.3, -0.25) is 0 Å². The number of nitrogens with zero attached hydrogens (tertiary/aromatic N) is 2. The lowest BCUT2D eigenvalue weighted by atomic mass is 10.2. The third-order valence-corrected chi connectivity index (χ3v) is 2.24. The molecule has 0 fully saturated rings. The molecule has 2 aromatic rings. The van der Waals surface area contributed by atoms with E-state index in [1.54, 1.807) is 6.07 Å². The minimum Gasteiger partial charge on any atom is -0.419 e. The first-order valence-corrected chi connectivity index (χ1v) is 4.86. The fourth-order valence-electron chi connectivity index (χ4n) is 1.05. The molecule has 0 N–H and O–H groups in total. The van der Waals surface area contributed by atoms with Crippen molar-refractivity contribution in [3.8, 4) is 11.5 Å². The first-order valence-electron chi connectivity index (χ1n) is 3.94. The Morgan fingerprint density at radius 2 is 2.00 bits per heavy atom. The van der Waals surface area contributed by atoms with E-state index < -0.39 is 0 Å². The Kier molecular flexibility index (Phi) is 2.70. The van der Waals surface area contributed by atoms with Crippen molar-refractivity contribution in [1.29, 1.82) is 0 Å². The summed E-state index contributed by atoms with van der Waals surface area (Å²) in [7, 11) is 0. The summed E-state index contributed by atoms with van der Waals surface area (Å²) in [6.45, 7) is 0. The van der Waals surface area contributed by atoms with Crippen LogP contribution < -0.4 is 0 Å². The van der Waals surface area contributed by atoms with E-state index in [1.165, 1.54) is 0 Å². The van der Waals surface area contributed by atoms with E-state index in [-0.39, 0.29) is 5.88 Å². The quantitative estimate of drug-likeness (QED) is 0.742. The molecule has 0 aliphatic rings. The number of rotatable bonds is 2. The maximum absolute atomic E-state index is 5.95. The summed E-state index contributed by atoms with van der Waals surface area (Å²) in [4.78, 5) is 0. The number of hydrogen-bond donors (Lipinski definition) is 0. The maximum atomic E-state index is 5.95. The van der Waals surface area contributed by atoms with Gasteiger partial charge in [-0.25, -0.2) is 0 Å². The largest absolute Gasteiger partial charge is 0.419 e. The fourth-order valence-corrected chi connectivity index (χ4v) is 1.38. The second-order valence-corrected chi connectivity index (χ2v) is 3.29. The maximum Gasteiger partial charge on any atom is 0.249 e. The molecule has 1 heterocycles. The molecule has 0 unspecified atom stereocenters. The third-order valence-electron chi connectivity index (χ3n) is 1.69. The topological polar surface area (TPSA) is 38.9 Å². The summed E-state index contributed by atoms with van der Waals surface area (Å²) in [6, 6.07) is 7.27. The molecule has 0 amide bonds. The Morgan fingerprint density at radius 1 is 1.21 bits per heavy atom. The second kappa shape index (κ2) is 3.98. The van der Waals surface area contributed by atoms with E-state index in [0.29, 0.717) is 16.8 Å². The van der Waals surface area contributed by atoms with Gasteiger partial charge in [-0.05, 0) is 12.1 Å². The highest BCUT2D eigenvalue weighted by atomic mass is 35.5. The average molecular weight is 229 g/mol. The van der Waals surface area contributed by atoms with Crippen LogP contribution in [0.5, 0.6) is 0 Å². The third kappa shape index (κ3) is 1.74. The van der Waals surface area contributed by atoms with Crippen molar-refractivity contribution in [2.75, 3.05) is 0 Å². The van der Waals surface area contributed by atoms with Gasteiger partial charge in [0.15, 0.2) is 0 Å². The Bertz CT molecular complexity index is 442. The highest BCUT2D eigenvalue weighted by molar-refractivity contribution is 6.33. The molecule has 1 aromatic heterocycles. The van der Waals surface area contributed by atoms with E-state index in [9.17, 15) is 0 Å². The van der Waals surface area contributed by atoms with Crippen LogP contribution in [0.25, 0.3) is 11.5 Å². The first-order chi connectivity index (χ1) is 6.81. The number of aromatic nitrogens is 2. The van der Waals surface area contributed by atoms with Crippen molar-refractivity contribution in [3.63, 3.8) is 0 Å². The van der Waals surface area contributed by atoms with Crippen molar-refractivity contribution >= 4 is 23.2 Å². The predicted octanol–water partition coefficient (Wildman–Crippen LogP) is 3.13. The molecular weight excluding hydrogens is 223 g/mol. The monoisotopic (exact) mass is 228 g/mol. The SMILES string of the molecule is ClCc1nnc(-c2ccccc2Cl)o1. The Balaban J connectivity index is 2.44. The van der Waals surface area contributed by atoms with E-state index in [4.69, 9.17) is 27.6 Å². The van der Waals surface area contributed by atoms with Gasteiger partial charge < -0.3 is 4.42 Å². The molecule has 0 spiro atoms. The summed E-state index contributed by atoms with van der Waals surface area (Å²) in [5, 5.41) is 8.16. The molecule has 2 rings (SSSR count). The van der Waals surface area contributed by atoms with Gasteiger partial charge in [0.1, 0.15) is 5.88 Å². The van der Waals surface area contributed by atoms with Gasteiger partial charge in [-0.15, -0.1) is 21.8 Å². The number of halogens is 2. The van der Waals surface area contributed by atoms with Crippen molar-refractivity contribution < 1.29 is 4.42 Å². The van der Waals surface area contributed by atoms with Crippen molar-refractivity contribution in [1.82, 2.24) is 10.2 Å². The minimum atomic E-state index is 0.206. The van der Waals surface area contributed by atoms with E-state index in [1.807, 2.05) is 18.2 Å². The zero-order valence-corrected chi connectivity index (χ0v) is 8.59. The van der Waals surface area contributed by atoms with Gasteiger partial charge >= 0.3 is 0 Å². The normalized spacial score (nSPS) is 10.4. The molecule has 5 heteroatoms. The Hall–Kier alpha value is -1.06. The number of hydrogen-bond acceptors (Lipinski definition) is 3. The highest BCUT2D eigenvalue weighted by Crippen LogP contribution is 2.26. The lowest BCUT2D eigenvalue weighted by molar-refractivity contribution is 0.527. The molecule has 0 radical (unpaired) electrons. The molecule has 72 valence electrons. The summed E-state index contributed by atoms with van der Waals surface area (Å²) in [6.07, 6.45) is 0. The minimum absolute atomic E-state index is 0.206. The van der Waals surface area contributed by atoms with Gasteiger partial charge in [0.2, 0.25) is 11.8 Å². The molecule has 0 bridgehead atoms. The van der Waals surface area contributed by atoms with E-state index in [0.717, 1.165) is 5.56 Å². The summed E-state index contributed by atoms with van der Waals surface area (Å²) < 4.78 is 5.26. The molecule has 0 saturated carbocycles. The van der Waals surface area contributed by atoms with Gasteiger partial charge in [0, 0.05) is 0 Å². The second-order valence-electron chi connectivity index (χ2n) is 2.61. The molecule has 3 nitrogen and oxygen atoms in total. The van der Waals surface area contributed by atoms with Gasteiger partial charge in [0.05, 0.1) is 10.6 Å². The zero-order valence-electron chi connectivity index (χ0n) is 7.08. The van der Waals surface area contributed by atoms with Crippen LogP contribution in [-0.2, 0) is 5.88 Å². The summed E-state index contributed by atoms with van der Waals surface area (Å²) in [5.74, 6) is 0.991. The zero-order chi connectivity index (χ0) is 9.97. The van der Waals surface area contributed by atoms with Crippen molar-refractivity contribution in [2.24, 2.45) is 0 Å². The van der Waals surface area contributed by atoms with E-state index in [2.05, 4.69) is 10.2 Å². The molecule has 0 saturated heterocycles. The Labute approximate surface area is 90.7 Å². The van der Waals surface area contributed by atoms with Crippen LogP contribution >= 0.6 is 23.2 Å². The molecule has 1 aromatic carbocycles. The first kappa shape index (κ1) is 9.49. The van der Waals surface area contributed by atoms with Gasteiger partial charge in [-0.2, -0.15) is 0 Å². The molecule has 0 aliphatic heterocycles. The smallest absolute Gasteiger partial charge is 0.249 e. The van der Waals surface area contributed by atoms with Crippen LogP contribution in [0.2, 0.25) is 5.02 Å². The van der Waals surface area contributed by atoms with E-state index >= 15 is 0 Å². The van der Waals surface area contributed by atoms with Gasteiger partial charge in [0.25, 0.3) is 0 Å². The number of alkyl halides is 1. The number of benzene rings is 1. The van der Waals surface area contributed by atoms with Gasteiger partial charge in [-0.1, -0.05) is 23.7 Å². The summed E-state index contributed by atoms with van der Waals surface area (Å²) in [5.41, 5.74) is 0.720. The van der Waals surface area contributed by atoms with Crippen LogP contribution in [0.1, 0.15) is 5.89 Å². The lowest BCUT2D eigenvalue weighted by Crippen LogP contribution is -1.78.